The molecule has 0 bridgehead atoms. The number of hydrogen-bond donors (Lipinski definition) is 2. The number of rotatable bonds is 8. The van der Waals surface area contributed by atoms with Crippen molar-refractivity contribution in [2.45, 2.75) is 33.6 Å². The number of ether oxygens (including phenoxy) is 1. The number of nitrogens with zero attached hydrogens (tertiary/aromatic N) is 3. The SMILES string of the molecule is CCCOc1ccc(-c2ccc3ncnc(NCCC(C)C)c3c2)cn1.CNC. The van der Waals surface area contributed by atoms with E-state index in [-0.39, 0.29) is 0 Å². The molecule has 1 aromatic carbocycles. The largest absolute Gasteiger partial charge is 0.478 e. The zero-order valence-corrected chi connectivity index (χ0v) is 18.2. The molecule has 0 aliphatic rings. The topological polar surface area (TPSA) is 72.0 Å². The van der Waals surface area contributed by atoms with E-state index in [0.717, 1.165) is 47.2 Å². The van der Waals surface area contributed by atoms with Crippen molar-refractivity contribution in [1.29, 1.82) is 0 Å². The van der Waals surface area contributed by atoms with Gasteiger partial charge >= 0.3 is 0 Å². The summed E-state index contributed by atoms with van der Waals surface area (Å²) in [5.41, 5.74) is 3.08. The fourth-order valence-electron chi connectivity index (χ4n) is 2.70. The Bertz CT molecular complexity index is 865. The Morgan fingerprint density at radius 3 is 2.41 bits per heavy atom. The van der Waals surface area contributed by atoms with Crippen LogP contribution in [0.3, 0.4) is 0 Å². The molecule has 0 fully saturated rings. The minimum Gasteiger partial charge on any atom is -0.478 e. The molecule has 2 aromatic heterocycles. The highest BCUT2D eigenvalue weighted by Crippen LogP contribution is 2.27. The molecule has 0 saturated heterocycles. The van der Waals surface area contributed by atoms with E-state index >= 15 is 0 Å². The molecule has 0 aliphatic heterocycles. The van der Waals surface area contributed by atoms with Gasteiger partial charge in [0.2, 0.25) is 5.88 Å². The summed E-state index contributed by atoms with van der Waals surface area (Å²) in [6.45, 7) is 8.11. The summed E-state index contributed by atoms with van der Waals surface area (Å²) >= 11 is 0. The first kappa shape index (κ1) is 22.6. The van der Waals surface area contributed by atoms with Gasteiger partial charge in [0, 0.05) is 29.8 Å². The third-order valence-corrected chi connectivity index (χ3v) is 4.17. The van der Waals surface area contributed by atoms with Gasteiger partial charge in [-0.05, 0) is 56.6 Å². The summed E-state index contributed by atoms with van der Waals surface area (Å²) in [4.78, 5) is 13.2. The van der Waals surface area contributed by atoms with E-state index in [1.54, 1.807) is 6.33 Å². The fourth-order valence-corrected chi connectivity index (χ4v) is 2.70. The van der Waals surface area contributed by atoms with Crippen LogP contribution in [-0.4, -0.2) is 42.2 Å². The van der Waals surface area contributed by atoms with Crippen molar-refractivity contribution in [3.05, 3.63) is 42.9 Å². The second kappa shape index (κ2) is 12.0. The van der Waals surface area contributed by atoms with Crippen molar-refractivity contribution in [3.63, 3.8) is 0 Å². The van der Waals surface area contributed by atoms with Crippen molar-refractivity contribution in [2.24, 2.45) is 5.92 Å². The Morgan fingerprint density at radius 2 is 1.76 bits per heavy atom. The first-order chi connectivity index (χ1) is 14.1. The molecule has 6 nitrogen and oxygen atoms in total. The Labute approximate surface area is 174 Å². The first-order valence-corrected chi connectivity index (χ1v) is 10.2. The maximum Gasteiger partial charge on any atom is 0.213 e. The summed E-state index contributed by atoms with van der Waals surface area (Å²) < 4.78 is 5.56. The van der Waals surface area contributed by atoms with Crippen LogP contribution in [0.4, 0.5) is 5.82 Å². The zero-order chi connectivity index (χ0) is 21.1. The van der Waals surface area contributed by atoms with Crippen LogP contribution < -0.4 is 15.4 Å². The molecule has 156 valence electrons. The second-order valence-corrected chi connectivity index (χ2v) is 7.30. The molecule has 0 amide bonds. The zero-order valence-electron chi connectivity index (χ0n) is 18.2. The van der Waals surface area contributed by atoms with E-state index in [9.17, 15) is 0 Å². The minimum atomic E-state index is 0.658. The summed E-state index contributed by atoms with van der Waals surface area (Å²) in [6, 6.07) is 10.2. The van der Waals surface area contributed by atoms with E-state index in [2.05, 4.69) is 58.5 Å². The molecule has 6 heteroatoms. The number of anilines is 1. The quantitative estimate of drug-likeness (QED) is 0.572. The number of fused-ring (bicyclic) bond motifs is 1. The predicted octanol–water partition coefficient (Wildman–Crippen LogP) is 4.77. The van der Waals surface area contributed by atoms with Gasteiger partial charge in [-0.15, -0.1) is 0 Å². The highest BCUT2D eigenvalue weighted by Gasteiger charge is 2.07. The first-order valence-electron chi connectivity index (χ1n) is 10.2. The molecule has 0 aliphatic carbocycles. The maximum atomic E-state index is 5.56. The molecule has 0 unspecified atom stereocenters. The van der Waals surface area contributed by atoms with Crippen LogP contribution in [-0.2, 0) is 0 Å². The number of pyridine rings is 1. The Morgan fingerprint density at radius 1 is 1.00 bits per heavy atom. The highest BCUT2D eigenvalue weighted by atomic mass is 16.5. The number of hydrogen-bond acceptors (Lipinski definition) is 6. The molecular weight excluding hydrogens is 362 g/mol. The molecule has 29 heavy (non-hydrogen) atoms. The van der Waals surface area contributed by atoms with Gasteiger partial charge in [-0.3, -0.25) is 0 Å². The van der Waals surface area contributed by atoms with Gasteiger partial charge < -0.3 is 15.4 Å². The van der Waals surface area contributed by atoms with Crippen molar-refractivity contribution < 1.29 is 4.74 Å². The van der Waals surface area contributed by atoms with Gasteiger partial charge in [0.25, 0.3) is 0 Å². The van der Waals surface area contributed by atoms with Gasteiger partial charge in [-0.2, -0.15) is 0 Å². The molecule has 2 heterocycles. The second-order valence-electron chi connectivity index (χ2n) is 7.30. The lowest BCUT2D eigenvalue weighted by molar-refractivity contribution is 0.305. The monoisotopic (exact) mass is 395 g/mol. The fraction of sp³-hybridized carbons (Fsp3) is 0.435. The van der Waals surface area contributed by atoms with E-state index in [0.29, 0.717) is 18.4 Å². The molecule has 0 spiro atoms. The van der Waals surface area contributed by atoms with Crippen LogP contribution >= 0.6 is 0 Å². The number of aromatic nitrogens is 3. The van der Waals surface area contributed by atoms with E-state index in [1.165, 1.54) is 0 Å². The van der Waals surface area contributed by atoms with Crippen LogP contribution in [0.2, 0.25) is 0 Å². The van der Waals surface area contributed by atoms with E-state index in [1.807, 2.05) is 38.5 Å². The molecular formula is C23H33N5O. The van der Waals surface area contributed by atoms with Crippen LogP contribution in [0.25, 0.3) is 22.0 Å². The molecule has 0 saturated carbocycles. The smallest absolute Gasteiger partial charge is 0.213 e. The van der Waals surface area contributed by atoms with Crippen LogP contribution in [0, 0.1) is 5.92 Å². The van der Waals surface area contributed by atoms with Crippen molar-refractivity contribution >= 4 is 16.7 Å². The number of benzene rings is 1. The molecule has 0 radical (unpaired) electrons. The van der Waals surface area contributed by atoms with Gasteiger partial charge in [-0.1, -0.05) is 26.8 Å². The van der Waals surface area contributed by atoms with Gasteiger partial charge in [0.15, 0.2) is 0 Å². The average Bonchev–Trinajstić information content (AvgIpc) is 2.73. The average molecular weight is 396 g/mol. The predicted molar refractivity (Wildman–Crippen MR) is 121 cm³/mol. The third kappa shape index (κ3) is 6.98. The standard InChI is InChI=1S/C21H26N4O.C2H7N/c1-4-11-26-20-8-6-17(13-23-20)16-5-7-19-18(12-16)21(25-14-24-19)22-10-9-15(2)3;1-3-2/h5-8,12-15H,4,9-11H2,1-3H3,(H,22,24,25);3H,1-2H3. The minimum absolute atomic E-state index is 0.658. The van der Waals surface area contributed by atoms with Gasteiger partial charge in [0.05, 0.1) is 12.1 Å². The summed E-state index contributed by atoms with van der Waals surface area (Å²) in [5.74, 6) is 2.20. The van der Waals surface area contributed by atoms with Crippen molar-refractivity contribution in [3.8, 4) is 17.0 Å². The maximum absolute atomic E-state index is 5.56. The third-order valence-electron chi connectivity index (χ3n) is 4.17. The summed E-state index contributed by atoms with van der Waals surface area (Å²) in [5, 5.41) is 7.22. The summed E-state index contributed by atoms with van der Waals surface area (Å²) in [7, 11) is 3.75. The van der Waals surface area contributed by atoms with Crippen LogP contribution in [0.1, 0.15) is 33.6 Å². The lowest BCUT2D eigenvalue weighted by Crippen LogP contribution is -2.06. The molecule has 0 atom stereocenters. The van der Waals surface area contributed by atoms with Crippen LogP contribution in [0.5, 0.6) is 5.88 Å². The van der Waals surface area contributed by atoms with Gasteiger partial charge in [-0.25, -0.2) is 15.0 Å². The summed E-state index contributed by atoms with van der Waals surface area (Å²) in [6.07, 6.45) is 5.54. The van der Waals surface area contributed by atoms with Crippen molar-refractivity contribution in [2.75, 3.05) is 32.6 Å². The Kier molecular flexibility index (Phi) is 9.31. The van der Waals surface area contributed by atoms with Gasteiger partial charge in [0.1, 0.15) is 12.1 Å². The van der Waals surface area contributed by atoms with Crippen molar-refractivity contribution in [1.82, 2.24) is 20.3 Å². The molecule has 3 aromatic rings. The molecule has 2 N–H and O–H groups in total. The highest BCUT2D eigenvalue weighted by molar-refractivity contribution is 5.92. The lowest BCUT2D eigenvalue weighted by atomic mass is 10.1. The van der Waals surface area contributed by atoms with Crippen LogP contribution in [0.15, 0.2) is 42.9 Å². The van der Waals surface area contributed by atoms with E-state index < -0.39 is 0 Å². The molecule has 3 rings (SSSR count). The Balaban J connectivity index is 0.000000941. The number of nitrogens with one attached hydrogen (secondary N) is 2. The normalized spacial score (nSPS) is 10.6. The lowest BCUT2D eigenvalue weighted by Gasteiger charge is -2.11. The Hall–Kier alpha value is -2.73. The van der Waals surface area contributed by atoms with E-state index in [4.69, 9.17) is 4.74 Å².